The average Bonchev–Trinajstić information content (AvgIpc) is 2.95. The molecule has 2 heterocycles. The second kappa shape index (κ2) is 4.66. The Morgan fingerprint density at radius 2 is 1.81 bits per heavy atom. The Kier molecular flexibility index (Phi) is 2.67. The quantitative estimate of drug-likeness (QED) is 0.677. The van der Waals surface area contributed by atoms with E-state index in [9.17, 15) is 4.79 Å². The largest absolute Gasteiger partial charge is 0.454 e. The van der Waals surface area contributed by atoms with Crippen molar-refractivity contribution >= 4 is 11.0 Å². The molecule has 0 saturated heterocycles. The van der Waals surface area contributed by atoms with Gasteiger partial charge in [0.2, 0.25) is 6.79 Å². The van der Waals surface area contributed by atoms with Crippen LogP contribution in [-0.4, -0.2) is 6.79 Å². The third-order valence-electron chi connectivity index (χ3n) is 3.55. The Morgan fingerprint density at radius 1 is 0.952 bits per heavy atom. The van der Waals surface area contributed by atoms with Crippen molar-refractivity contribution in [1.82, 2.24) is 0 Å². The predicted molar refractivity (Wildman–Crippen MR) is 77.9 cm³/mol. The van der Waals surface area contributed by atoms with Crippen molar-refractivity contribution in [2.24, 2.45) is 0 Å². The van der Waals surface area contributed by atoms with Crippen LogP contribution in [0.5, 0.6) is 11.5 Å². The van der Waals surface area contributed by atoms with Gasteiger partial charge in [-0.2, -0.15) is 0 Å². The maximum absolute atomic E-state index is 12.0. The lowest BCUT2D eigenvalue weighted by molar-refractivity contribution is 0.174. The van der Waals surface area contributed by atoms with E-state index in [4.69, 9.17) is 13.9 Å². The van der Waals surface area contributed by atoms with Crippen LogP contribution >= 0.6 is 0 Å². The van der Waals surface area contributed by atoms with Crippen molar-refractivity contribution in [3.63, 3.8) is 0 Å². The fraction of sp³-hybridized carbons (Fsp3) is 0.118. The smallest absolute Gasteiger partial charge is 0.339 e. The Morgan fingerprint density at radius 3 is 2.76 bits per heavy atom. The monoisotopic (exact) mass is 280 g/mol. The molecule has 4 nitrogen and oxygen atoms in total. The van der Waals surface area contributed by atoms with Crippen molar-refractivity contribution < 1.29 is 13.9 Å². The molecule has 3 aromatic rings. The van der Waals surface area contributed by atoms with Crippen LogP contribution in [0, 0.1) is 0 Å². The van der Waals surface area contributed by atoms with Gasteiger partial charge in [-0.3, -0.25) is 0 Å². The first kappa shape index (κ1) is 12.0. The highest BCUT2D eigenvalue weighted by Gasteiger charge is 2.14. The van der Waals surface area contributed by atoms with E-state index in [0.717, 1.165) is 22.4 Å². The summed E-state index contributed by atoms with van der Waals surface area (Å²) in [6.07, 6.45) is 0.504. The molecule has 0 saturated carbocycles. The Balaban J connectivity index is 1.74. The molecule has 0 bridgehead atoms. The first-order valence-electron chi connectivity index (χ1n) is 6.70. The molecule has 0 spiro atoms. The van der Waals surface area contributed by atoms with Crippen LogP contribution in [0.2, 0.25) is 0 Å². The van der Waals surface area contributed by atoms with Gasteiger partial charge in [0.15, 0.2) is 11.5 Å². The van der Waals surface area contributed by atoms with Crippen LogP contribution in [0.25, 0.3) is 11.0 Å². The highest BCUT2D eigenvalue weighted by atomic mass is 16.7. The fourth-order valence-corrected chi connectivity index (χ4v) is 2.50. The molecule has 0 N–H and O–H groups in total. The summed E-state index contributed by atoms with van der Waals surface area (Å²) in [6, 6.07) is 15.1. The third-order valence-corrected chi connectivity index (χ3v) is 3.55. The van der Waals surface area contributed by atoms with Gasteiger partial charge in [0.1, 0.15) is 5.58 Å². The van der Waals surface area contributed by atoms with Gasteiger partial charge >= 0.3 is 5.63 Å². The van der Waals surface area contributed by atoms with E-state index in [1.165, 1.54) is 0 Å². The summed E-state index contributed by atoms with van der Waals surface area (Å²) < 4.78 is 16.0. The Hall–Kier alpha value is -2.75. The van der Waals surface area contributed by atoms with Crippen molar-refractivity contribution in [2.45, 2.75) is 6.42 Å². The van der Waals surface area contributed by atoms with Crippen LogP contribution in [0.1, 0.15) is 11.1 Å². The molecule has 0 fully saturated rings. The van der Waals surface area contributed by atoms with Crippen LogP contribution in [-0.2, 0) is 6.42 Å². The van der Waals surface area contributed by atoms with Crippen LogP contribution < -0.4 is 15.1 Å². The van der Waals surface area contributed by atoms with Gasteiger partial charge in [-0.25, -0.2) is 4.79 Å². The average molecular weight is 280 g/mol. The van der Waals surface area contributed by atoms with E-state index in [1.807, 2.05) is 42.5 Å². The van der Waals surface area contributed by atoms with Crippen molar-refractivity contribution in [1.29, 1.82) is 0 Å². The zero-order chi connectivity index (χ0) is 14.2. The summed E-state index contributed by atoms with van der Waals surface area (Å²) in [5, 5.41) is 0.924. The summed E-state index contributed by atoms with van der Waals surface area (Å²) in [5.41, 5.74) is 1.93. The molecule has 0 aliphatic carbocycles. The standard InChI is InChI=1S/C17H12O4/c18-17-13(9-12-3-1-2-4-14(12)21-17)7-11-5-6-15-16(8-11)20-10-19-15/h1-6,8-9H,7,10H2. The van der Waals surface area contributed by atoms with Crippen molar-refractivity contribution in [2.75, 3.05) is 6.79 Å². The van der Waals surface area contributed by atoms with Gasteiger partial charge in [0.05, 0.1) is 0 Å². The van der Waals surface area contributed by atoms with Crippen LogP contribution in [0.4, 0.5) is 0 Å². The van der Waals surface area contributed by atoms with E-state index < -0.39 is 0 Å². The first-order valence-corrected chi connectivity index (χ1v) is 6.70. The molecular weight excluding hydrogens is 268 g/mol. The molecular formula is C17H12O4. The third kappa shape index (κ3) is 2.14. The molecule has 1 aromatic heterocycles. The molecule has 2 aromatic carbocycles. The molecule has 1 aliphatic rings. The summed E-state index contributed by atoms with van der Waals surface area (Å²) in [4.78, 5) is 12.0. The summed E-state index contributed by atoms with van der Waals surface area (Å²) >= 11 is 0. The lowest BCUT2D eigenvalue weighted by Crippen LogP contribution is -2.07. The van der Waals surface area contributed by atoms with E-state index in [-0.39, 0.29) is 12.4 Å². The van der Waals surface area contributed by atoms with Crippen molar-refractivity contribution in [3.05, 3.63) is 70.1 Å². The predicted octanol–water partition coefficient (Wildman–Crippen LogP) is 3.11. The van der Waals surface area contributed by atoms with E-state index >= 15 is 0 Å². The van der Waals surface area contributed by atoms with Gasteiger partial charge in [0, 0.05) is 17.4 Å². The molecule has 0 radical (unpaired) electrons. The lowest BCUT2D eigenvalue weighted by atomic mass is 10.0. The minimum Gasteiger partial charge on any atom is -0.454 e. The van der Waals surface area contributed by atoms with Gasteiger partial charge in [-0.05, 0) is 29.8 Å². The number of benzene rings is 2. The summed E-state index contributed by atoms with van der Waals surface area (Å²) in [7, 11) is 0. The molecule has 0 amide bonds. The zero-order valence-corrected chi connectivity index (χ0v) is 11.2. The van der Waals surface area contributed by atoms with E-state index in [0.29, 0.717) is 17.6 Å². The maximum Gasteiger partial charge on any atom is 0.339 e. The minimum absolute atomic E-state index is 0.247. The fourth-order valence-electron chi connectivity index (χ4n) is 2.50. The zero-order valence-electron chi connectivity index (χ0n) is 11.2. The maximum atomic E-state index is 12.0. The molecule has 0 atom stereocenters. The SMILES string of the molecule is O=c1oc2ccccc2cc1Cc1ccc2c(c1)OCO2. The summed E-state index contributed by atoms with van der Waals surface area (Å²) in [5.74, 6) is 1.46. The minimum atomic E-state index is -0.300. The van der Waals surface area contributed by atoms with Crippen LogP contribution in [0.3, 0.4) is 0 Å². The van der Waals surface area contributed by atoms with Crippen LogP contribution in [0.15, 0.2) is 57.7 Å². The van der Waals surface area contributed by atoms with E-state index in [2.05, 4.69) is 0 Å². The normalized spacial score (nSPS) is 12.8. The van der Waals surface area contributed by atoms with Gasteiger partial charge in [-0.1, -0.05) is 24.3 Å². The van der Waals surface area contributed by atoms with Gasteiger partial charge < -0.3 is 13.9 Å². The first-order chi connectivity index (χ1) is 10.3. The van der Waals surface area contributed by atoms with Gasteiger partial charge in [0.25, 0.3) is 0 Å². The number of rotatable bonds is 2. The second-order valence-electron chi connectivity index (χ2n) is 4.96. The Bertz CT molecular complexity index is 879. The van der Waals surface area contributed by atoms with Gasteiger partial charge in [-0.15, -0.1) is 0 Å². The molecule has 0 unspecified atom stereocenters. The second-order valence-corrected chi connectivity index (χ2v) is 4.96. The number of fused-ring (bicyclic) bond motifs is 2. The summed E-state index contributed by atoms with van der Waals surface area (Å²) in [6.45, 7) is 0.247. The molecule has 4 rings (SSSR count). The molecule has 21 heavy (non-hydrogen) atoms. The molecule has 4 heteroatoms. The lowest BCUT2D eigenvalue weighted by Gasteiger charge is -2.04. The molecule has 1 aliphatic heterocycles. The number of hydrogen-bond donors (Lipinski definition) is 0. The highest BCUT2D eigenvalue weighted by Crippen LogP contribution is 2.33. The molecule has 104 valence electrons. The number of ether oxygens (including phenoxy) is 2. The topological polar surface area (TPSA) is 48.7 Å². The van der Waals surface area contributed by atoms with E-state index in [1.54, 1.807) is 6.07 Å². The van der Waals surface area contributed by atoms with Crippen molar-refractivity contribution in [3.8, 4) is 11.5 Å². The number of hydrogen-bond acceptors (Lipinski definition) is 4. The Labute approximate surface area is 120 Å². The number of para-hydroxylation sites is 1. The highest BCUT2D eigenvalue weighted by molar-refractivity contribution is 5.76.